The van der Waals surface area contributed by atoms with E-state index in [0.717, 1.165) is 63.4 Å². The van der Waals surface area contributed by atoms with Crippen LogP contribution in [0.1, 0.15) is 36.2 Å². The van der Waals surface area contributed by atoms with E-state index in [9.17, 15) is 0 Å². The lowest BCUT2D eigenvalue weighted by Gasteiger charge is -2.36. The zero-order chi connectivity index (χ0) is 16.9. The van der Waals surface area contributed by atoms with Gasteiger partial charge in [-0.3, -0.25) is 0 Å². The molecule has 0 amide bonds. The van der Waals surface area contributed by atoms with Crippen molar-refractivity contribution in [2.45, 2.75) is 38.2 Å². The molecule has 6 heteroatoms. The van der Waals surface area contributed by atoms with E-state index in [-0.39, 0.29) is 5.41 Å². The Hall–Kier alpha value is -1.24. The summed E-state index contributed by atoms with van der Waals surface area (Å²) in [7, 11) is 0. The minimum absolute atomic E-state index is 0.0667. The predicted molar refractivity (Wildman–Crippen MR) is 94.9 cm³/mol. The van der Waals surface area contributed by atoms with Gasteiger partial charge in [-0.25, -0.2) is 9.97 Å². The molecule has 1 aliphatic carbocycles. The lowest BCUT2D eigenvalue weighted by molar-refractivity contribution is 0.0498. The smallest absolute Gasteiger partial charge is 0.225 e. The van der Waals surface area contributed by atoms with Crippen LogP contribution in [0.25, 0.3) is 0 Å². The van der Waals surface area contributed by atoms with Gasteiger partial charge in [-0.15, -0.1) is 0 Å². The summed E-state index contributed by atoms with van der Waals surface area (Å²) in [6.45, 7) is 10.4. The maximum atomic E-state index is 6.03. The molecular weight excluding hydrogens is 316 g/mol. The maximum absolute atomic E-state index is 6.03. The summed E-state index contributed by atoms with van der Waals surface area (Å²) in [5.74, 6) is 1.83. The molecule has 1 saturated carbocycles. The van der Waals surface area contributed by atoms with E-state index >= 15 is 0 Å². The summed E-state index contributed by atoms with van der Waals surface area (Å²) in [5.41, 5.74) is 3.66. The molecule has 4 heterocycles. The summed E-state index contributed by atoms with van der Waals surface area (Å²) in [6, 6.07) is 0. The van der Waals surface area contributed by atoms with Crippen molar-refractivity contribution in [3.8, 4) is 0 Å². The van der Waals surface area contributed by atoms with Gasteiger partial charge in [0, 0.05) is 37.4 Å². The molecule has 4 aliphatic rings. The van der Waals surface area contributed by atoms with Crippen molar-refractivity contribution in [1.29, 1.82) is 0 Å². The molecule has 0 bridgehead atoms. The van der Waals surface area contributed by atoms with E-state index < -0.39 is 0 Å². The number of aromatic nitrogens is 2. The quantitative estimate of drug-likeness (QED) is 0.828. The zero-order valence-electron chi connectivity index (χ0n) is 15.2. The lowest BCUT2D eigenvalue weighted by Crippen LogP contribution is -2.43. The van der Waals surface area contributed by atoms with E-state index in [1.807, 2.05) is 0 Å². The number of morpholine rings is 1. The molecule has 0 aromatic carbocycles. The summed E-state index contributed by atoms with van der Waals surface area (Å²) >= 11 is 0. The van der Waals surface area contributed by atoms with Gasteiger partial charge in [0.25, 0.3) is 0 Å². The summed E-state index contributed by atoms with van der Waals surface area (Å²) in [4.78, 5) is 14.8. The first-order valence-electron chi connectivity index (χ1n) is 9.74. The Morgan fingerprint density at radius 2 is 1.96 bits per heavy atom. The van der Waals surface area contributed by atoms with E-state index in [1.54, 1.807) is 0 Å². The minimum atomic E-state index is 0.0667. The molecule has 25 heavy (non-hydrogen) atoms. The number of rotatable bonds is 3. The van der Waals surface area contributed by atoms with Crippen LogP contribution in [0.5, 0.6) is 0 Å². The van der Waals surface area contributed by atoms with E-state index in [1.165, 1.54) is 37.2 Å². The van der Waals surface area contributed by atoms with Crippen LogP contribution in [0.15, 0.2) is 0 Å². The van der Waals surface area contributed by atoms with Gasteiger partial charge < -0.3 is 19.3 Å². The average molecular weight is 344 g/mol. The summed E-state index contributed by atoms with van der Waals surface area (Å²) in [5, 5.41) is 0. The van der Waals surface area contributed by atoms with Crippen molar-refractivity contribution in [3.63, 3.8) is 0 Å². The number of hydrogen-bond donors (Lipinski definition) is 0. The fourth-order valence-electron chi connectivity index (χ4n) is 4.61. The van der Waals surface area contributed by atoms with Crippen LogP contribution in [0.2, 0.25) is 0 Å². The number of fused-ring (bicyclic) bond motifs is 2. The zero-order valence-corrected chi connectivity index (χ0v) is 15.2. The van der Waals surface area contributed by atoms with Crippen LogP contribution >= 0.6 is 0 Å². The SMILES string of the molecule is Cc1nc(N2CCOCC2)nc2c1COC[C@@]21CCN(CC2CC2)C1. The highest BCUT2D eigenvalue weighted by Crippen LogP contribution is 2.42. The van der Waals surface area contributed by atoms with Crippen LogP contribution in [-0.4, -0.2) is 67.4 Å². The topological polar surface area (TPSA) is 50.7 Å². The van der Waals surface area contributed by atoms with Gasteiger partial charge in [0.05, 0.1) is 37.5 Å². The second-order valence-corrected chi connectivity index (χ2v) is 8.24. The molecule has 1 atom stereocenters. The van der Waals surface area contributed by atoms with Gasteiger partial charge in [0.1, 0.15) is 0 Å². The number of hydrogen-bond acceptors (Lipinski definition) is 6. The largest absolute Gasteiger partial charge is 0.378 e. The normalized spacial score (nSPS) is 30.0. The minimum Gasteiger partial charge on any atom is -0.378 e. The number of likely N-dealkylation sites (tertiary alicyclic amines) is 1. The third kappa shape index (κ3) is 2.94. The molecule has 0 unspecified atom stereocenters. The van der Waals surface area contributed by atoms with Crippen molar-refractivity contribution in [2.75, 3.05) is 57.4 Å². The highest BCUT2D eigenvalue weighted by molar-refractivity contribution is 5.42. The van der Waals surface area contributed by atoms with Crippen molar-refractivity contribution in [2.24, 2.45) is 5.92 Å². The van der Waals surface area contributed by atoms with Crippen LogP contribution in [0, 0.1) is 12.8 Å². The highest BCUT2D eigenvalue weighted by atomic mass is 16.5. The monoisotopic (exact) mass is 344 g/mol. The molecule has 1 aromatic heterocycles. The van der Waals surface area contributed by atoms with E-state index in [4.69, 9.17) is 19.4 Å². The van der Waals surface area contributed by atoms with E-state index in [2.05, 4.69) is 16.7 Å². The Morgan fingerprint density at radius 3 is 2.76 bits per heavy atom. The average Bonchev–Trinajstić information content (AvgIpc) is 3.36. The number of anilines is 1. The molecule has 3 fully saturated rings. The Balaban J connectivity index is 1.47. The molecule has 5 rings (SSSR count). The highest BCUT2D eigenvalue weighted by Gasteiger charge is 2.46. The summed E-state index contributed by atoms with van der Waals surface area (Å²) < 4.78 is 11.5. The first-order valence-corrected chi connectivity index (χ1v) is 9.74. The molecule has 0 radical (unpaired) electrons. The fourth-order valence-corrected chi connectivity index (χ4v) is 4.61. The molecule has 3 aliphatic heterocycles. The molecule has 0 N–H and O–H groups in total. The van der Waals surface area contributed by atoms with Crippen LogP contribution in [0.4, 0.5) is 5.95 Å². The van der Waals surface area contributed by atoms with Gasteiger partial charge in [0.2, 0.25) is 5.95 Å². The van der Waals surface area contributed by atoms with Crippen molar-refractivity contribution < 1.29 is 9.47 Å². The van der Waals surface area contributed by atoms with Gasteiger partial charge >= 0.3 is 0 Å². The van der Waals surface area contributed by atoms with Crippen LogP contribution in [0.3, 0.4) is 0 Å². The molecule has 1 aromatic rings. The Labute approximate surface area is 149 Å². The molecule has 136 valence electrons. The number of ether oxygens (including phenoxy) is 2. The summed E-state index contributed by atoms with van der Waals surface area (Å²) in [6.07, 6.45) is 3.99. The van der Waals surface area contributed by atoms with Crippen LogP contribution in [-0.2, 0) is 21.5 Å². The number of nitrogens with zero attached hydrogens (tertiary/aromatic N) is 4. The third-order valence-corrected chi connectivity index (χ3v) is 6.27. The Kier molecular flexibility index (Phi) is 3.95. The molecular formula is C19H28N4O2. The van der Waals surface area contributed by atoms with Gasteiger partial charge in [0.15, 0.2) is 0 Å². The van der Waals surface area contributed by atoms with E-state index in [0.29, 0.717) is 6.61 Å². The second kappa shape index (κ2) is 6.18. The predicted octanol–water partition coefficient (Wildman–Crippen LogP) is 1.51. The first-order chi connectivity index (χ1) is 12.2. The van der Waals surface area contributed by atoms with Crippen LogP contribution < -0.4 is 4.90 Å². The molecule has 2 saturated heterocycles. The second-order valence-electron chi connectivity index (χ2n) is 8.24. The first kappa shape index (κ1) is 16.0. The third-order valence-electron chi connectivity index (χ3n) is 6.27. The van der Waals surface area contributed by atoms with Crippen molar-refractivity contribution >= 4 is 5.95 Å². The van der Waals surface area contributed by atoms with Gasteiger partial charge in [-0.2, -0.15) is 0 Å². The lowest BCUT2D eigenvalue weighted by atomic mass is 9.80. The molecule has 6 nitrogen and oxygen atoms in total. The van der Waals surface area contributed by atoms with Gasteiger partial charge in [-0.1, -0.05) is 0 Å². The fraction of sp³-hybridized carbons (Fsp3) is 0.789. The maximum Gasteiger partial charge on any atom is 0.225 e. The standard InChI is InChI=1S/C19H28N4O2/c1-14-16-11-25-13-19(4-5-22(12-19)10-15-2-3-15)17(16)21-18(20-14)23-6-8-24-9-7-23/h15H,2-13H2,1H3/t19-/m0/s1. The van der Waals surface area contributed by atoms with Crippen molar-refractivity contribution in [1.82, 2.24) is 14.9 Å². The van der Waals surface area contributed by atoms with Gasteiger partial charge in [-0.05, 0) is 38.6 Å². The Bertz CT molecular complexity index is 657. The van der Waals surface area contributed by atoms with Crippen molar-refractivity contribution in [3.05, 3.63) is 17.0 Å². The Morgan fingerprint density at radius 1 is 1.12 bits per heavy atom. The number of aryl methyl sites for hydroxylation is 1. The molecule has 1 spiro atoms.